The maximum Gasteiger partial charge on any atom is 0.297 e. The molecule has 9 heteroatoms. The van der Waals surface area contributed by atoms with Crippen LogP contribution < -0.4 is 0 Å². The van der Waals surface area contributed by atoms with Crippen LogP contribution in [0.4, 0.5) is 4.39 Å². The SMILES string of the molecule is Cc1ccc(S(=O)(=O)OC[C@H]2O[C@@H](Sc3ccccc3)[C@H](O)[C@@H](F)[C@@H]2O)cc1. The number of halogens is 1. The third-order valence-corrected chi connectivity index (χ3v) is 6.78. The smallest absolute Gasteiger partial charge is 0.297 e. The highest BCUT2D eigenvalue weighted by Gasteiger charge is 2.45. The maximum atomic E-state index is 14.4. The molecule has 1 heterocycles. The van der Waals surface area contributed by atoms with Gasteiger partial charge in [0.05, 0.1) is 11.5 Å². The molecule has 1 fully saturated rings. The molecule has 0 unspecified atom stereocenters. The van der Waals surface area contributed by atoms with Crippen molar-refractivity contribution in [1.29, 1.82) is 0 Å². The number of alkyl halides is 1. The Morgan fingerprint density at radius 2 is 1.71 bits per heavy atom. The summed E-state index contributed by atoms with van der Waals surface area (Å²) in [5, 5.41) is 20.1. The molecular formula is C19H21FO6S2. The zero-order chi connectivity index (χ0) is 20.3. The van der Waals surface area contributed by atoms with Gasteiger partial charge in [-0.15, -0.1) is 0 Å². The average molecular weight is 429 g/mol. The average Bonchev–Trinajstić information content (AvgIpc) is 2.68. The molecule has 152 valence electrons. The lowest BCUT2D eigenvalue weighted by Gasteiger charge is -2.38. The van der Waals surface area contributed by atoms with Crippen molar-refractivity contribution in [2.75, 3.05) is 6.61 Å². The highest BCUT2D eigenvalue weighted by atomic mass is 32.2. The van der Waals surface area contributed by atoms with Crippen LogP contribution >= 0.6 is 11.8 Å². The largest absolute Gasteiger partial charge is 0.387 e. The van der Waals surface area contributed by atoms with Gasteiger partial charge in [0.25, 0.3) is 10.1 Å². The predicted octanol–water partition coefficient (Wildman–Crippen LogP) is 2.28. The number of thioether (sulfide) groups is 1. The number of aryl methyl sites for hydroxylation is 1. The molecule has 28 heavy (non-hydrogen) atoms. The number of hydrogen-bond donors (Lipinski definition) is 2. The first-order valence-electron chi connectivity index (χ1n) is 8.61. The van der Waals surface area contributed by atoms with Crippen molar-refractivity contribution in [3.8, 4) is 0 Å². The summed E-state index contributed by atoms with van der Waals surface area (Å²) in [7, 11) is -4.09. The van der Waals surface area contributed by atoms with Crippen molar-refractivity contribution in [2.45, 2.75) is 46.6 Å². The molecule has 1 aliphatic heterocycles. The van der Waals surface area contributed by atoms with E-state index in [0.717, 1.165) is 22.2 Å². The first kappa shape index (κ1) is 21.2. The minimum atomic E-state index is -4.09. The summed E-state index contributed by atoms with van der Waals surface area (Å²) in [5.41, 5.74) is -0.128. The third kappa shape index (κ3) is 4.91. The van der Waals surface area contributed by atoms with Gasteiger partial charge in [0.1, 0.15) is 23.7 Å². The van der Waals surface area contributed by atoms with Gasteiger partial charge in [-0.05, 0) is 31.2 Å². The highest BCUT2D eigenvalue weighted by Crippen LogP contribution is 2.34. The van der Waals surface area contributed by atoms with E-state index in [-0.39, 0.29) is 4.90 Å². The number of hydrogen-bond acceptors (Lipinski definition) is 7. The predicted molar refractivity (Wildman–Crippen MR) is 102 cm³/mol. The fraction of sp³-hybridized carbons (Fsp3) is 0.368. The minimum absolute atomic E-state index is 0.0459. The van der Waals surface area contributed by atoms with Gasteiger partial charge in [-0.2, -0.15) is 8.42 Å². The lowest BCUT2D eigenvalue weighted by Crippen LogP contribution is -2.56. The van der Waals surface area contributed by atoms with Gasteiger partial charge in [0.15, 0.2) is 6.17 Å². The first-order chi connectivity index (χ1) is 13.3. The quantitative estimate of drug-likeness (QED) is 0.682. The summed E-state index contributed by atoms with van der Waals surface area (Å²) in [6.45, 7) is 1.25. The van der Waals surface area contributed by atoms with E-state index >= 15 is 0 Å². The van der Waals surface area contributed by atoms with Crippen molar-refractivity contribution in [3.05, 3.63) is 60.2 Å². The number of ether oxygens (including phenoxy) is 1. The van der Waals surface area contributed by atoms with E-state index < -0.39 is 46.6 Å². The molecule has 0 amide bonds. The summed E-state index contributed by atoms with van der Waals surface area (Å²) in [6.07, 6.45) is -6.52. The second kappa shape index (κ2) is 8.89. The Hall–Kier alpha value is -1.49. The van der Waals surface area contributed by atoms with Crippen molar-refractivity contribution in [3.63, 3.8) is 0 Å². The summed E-state index contributed by atoms with van der Waals surface area (Å²) in [5.74, 6) is 0. The van der Waals surface area contributed by atoms with E-state index in [4.69, 9.17) is 8.92 Å². The van der Waals surface area contributed by atoms with Gasteiger partial charge in [-0.25, -0.2) is 4.39 Å². The van der Waals surface area contributed by atoms with Crippen LogP contribution in [0.3, 0.4) is 0 Å². The van der Waals surface area contributed by atoms with Crippen molar-refractivity contribution in [2.24, 2.45) is 0 Å². The molecule has 6 nitrogen and oxygen atoms in total. The van der Waals surface area contributed by atoms with Crippen LogP contribution in [-0.2, 0) is 19.0 Å². The summed E-state index contributed by atoms with van der Waals surface area (Å²) in [6, 6.07) is 15.0. The van der Waals surface area contributed by atoms with Crippen molar-refractivity contribution in [1.82, 2.24) is 0 Å². The van der Waals surface area contributed by atoms with Crippen LogP contribution in [0.2, 0.25) is 0 Å². The summed E-state index contributed by atoms with van der Waals surface area (Å²) < 4.78 is 49.5. The van der Waals surface area contributed by atoms with Gasteiger partial charge in [-0.3, -0.25) is 4.18 Å². The van der Waals surface area contributed by atoms with E-state index in [1.165, 1.54) is 12.1 Å². The molecule has 2 N–H and O–H groups in total. The van der Waals surface area contributed by atoms with Gasteiger partial charge < -0.3 is 14.9 Å². The standard InChI is InChI=1S/C19H21FO6S2/c1-12-7-9-14(10-8-12)28(23,24)25-11-15-17(21)16(20)18(22)19(26-15)27-13-5-3-2-4-6-13/h2-10,15-19,21-22H,11H2,1H3/t15-,16+,17-,18-,19+/m1/s1. The second-order valence-electron chi connectivity index (χ2n) is 6.45. The zero-order valence-electron chi connectivity index (χ0n) is 15.0. The maximum absolute atomic E-state index is 14.4. The van der Waals surface area contributed by atoms with Crippen LogP contribution in [0, 0.1) is 6.92 Å². The lowest BCUT2D eigenvalue weighted by molar-refractivity contribution is -0.183. The number of aliphatic hydroxyl groups is 2. The lowest BCUT2D eigenvalue weighted by atomic mass is 10.0. The van der Waals surface area contributed by atoms with Gasteiger partial charge in [0, 0.05) is 4.90 Å². The summed E-state index contributed by atoms with van der Waals surface area (Å²) in [4.78, 5) is 0.692. The second-order valence-corrected chi connectivity index (χ2v) is 9.24. The molecule has 0 radical (unpaired) electrons. The molecule has 0 aromatic heterocycles. The third-order valence-electron chi connectivity index (χ3n) is 4.31. The van der Waals surface area contributed by atoms with Gasteiger partial charge in [-0.1, -0.05) is 47.7 Å². The molecule has 2 aromatic rings. The van der Waals surface area contributed by atoms with Crippen LogP contribution in [0.15, 0.2) is 64.4 Å². The Morgan fingerprint density at radius 1 is 1.07 bits per heavy atom. The fourth-order valence-corrected chi connectivity index (χ4v) is 4.68. The van der Waals surface area contributed by atoms with E-state index in [0.29, 0.717) is 0 Å². The van der Waals surface area contributed by atoms with Crippen LogP contribution in [0.1, 0.15) is 5.56 Å². The Labute approximate surface area is 167 Å². The molecule has 0 aliphatic carbocycles. The molecule has 3 rings (SSSR count). The van der Waals surface area contributed by atoms with Crippen molar-refractivity contribution < 1.29 is 31.9 Å². The van der Waals surface area contributed by atoms with Gasteiger partial charge >= 0.3 is 0 Å². The summed E-state index contributed by atoms with van der Waals surface area (Å²) >= 11 is 1.09. The fourth-order valence-electron chi connectivity index (χ4n) is 2.69. The molecular weight excluding hydrogens is 407 g/mol. The van der Waals surface area contributed by atoms with Gasteiger partial charge in [0.2, 0.25) is 0 Å². The highest BCUT2D eigenvalue weighted by molar-refractivity contribution is 7.99. The molecule has 0 bridgehead atoms. The van der Waals surface area contributed by atoms with E-state index in [2.05, 4.69) is 0 Å². The number of aliphatic hydroxyl groups excluding tert-OH is 2. The number of rotatable bonds is 6. The monoisotopic (exact) mass is 428 g/mol. The van der Waals surface area contributed by atoms with Crippen molar-refractivity contribution >= 4 is 21.9 Å². The van der Waals surface area contributed by atoms with E-state index in [1.54, 1.807) is 36.4 Å². The van der Waals surface area contributed by atoms with Crippen LogP contribution in [0.25, 0.3) is 0 Å². The molecule has 1 saturated heterocycles. The Morgan fingerprint density at radius 3 is 2.36 bits per heavy atom. The van der Waals surface area contributed by atoms with E-state index in [1.807, 2.05) is 13.0 Å². The molecule has 2 aromatic carbocycles. The van der Waals surface area contributed by atoms with E-state index in [9.17, 15) is 23.0 Å². The zero-order valence-corrected chi connectivity index (χ0v) is 16.6. The molecule has 0 saturated carbocycles. The Kier molecular flexibility index (Phi) is 6.74. The molecule has 0 spiro atoms. The minimum Gasteiger partial charge on any atom is -0.387 e. The molecule has 1 aliphatic rings. The first-order valence-corrected chi connectivity index (χ1v) is 10.9. The Balaban J connectivity index is 1.69. The molecule has 5 atom stereocenters. The van der Waals surface area contributed by atoms with Crippen LogP contribution in [0.5, 0.6) is 0 Å². The number of benzene rings is 2. The normalized spacial score (nSPS) is 28.2. The topological polar surface area (TPSA) is 93.1 Å². The van der Waals surface area contributed by atoms with Crippen LogP contribution in [-0.4, -0.2) is 55.2 Å². The Bertz CT molecular complexity index is 875.